The average Bonchev–Trinajstić information content (AvgIpc) is 2.96. The van der Waals surface area contributed by atoms with Crippen molar-refractivity contribution in [2.75, 3.05) is 13.1 Å². The first kappa shape index (κ1) is 16.2. The molecule has 4 nitrogen and oxygen atoms in total. The molecule has 5 heteroatoms. The molecule has 0 aliphatic carbocycles. The Morgan fingerprint density at radius 2 is 1.96 bits per heavy atom. The third-order valence-electron chi connectivity index (χ3n) is 5.60. The molecular formula is C20H22FN3O. The lowest BCUT2D eigenvalue weighted by Gasteiger charge is -2.43. The summed E-state index contributed by atoms with van der Waals surface area (Å²) in [5, 5.41) is 3.27. The molecule has 4 rings (SSSR count). The number of rotatable bonds is 3. The molecule has 1 unspecified atom stereocenters. The van der Waals surface area contributed by atoms with Crippen molar-refractivity contribution in [1.29, 1.82) is 0 Å². The number of pyridine rings is 1. The molecule has 2 aromatic rings. The van der Waals surface area contributed by atoms with Gasteiger partial charge in [0.25, 0.3) is 0 Å². The van der Waals surface area contributed by atoms with Crippen molar-refractivity contribution in [3.05, 3.63) is 65.7 Å². The Balaban J connectivity index is 1.45. The molecule has 2 saturated heterocycles. The molecule has 2 aliphatic rings. The number of benzene rings is 1. The minimum absolute atomic E-state index is 0.140. The molecule has 0 bridgehead atoms. The van der Waals surface area contributed by atoms with E-state index >= 15 is 0 Å². The van der Waals surface area contributed by atoms with Gasteiger partial charge in [-0.05, 0) is 42.2 Å². The van der Waals surface area contributed by atoms with Gasteiger partial charge in [-0.15, -0.1) is 0 Å². The molecule has 1 aromatic heterocycles. The van der Waals surface area contributed by atoms with E-state index in [4.69, 9.17) is 0 Å². The van der Waals surface area contributed by atoms with Crippen LogP contribution in [0.15, 0.2) is 48.8 Å². The summed E-state index contributed by atoms with van der Waals surface area (Å²) < 4.78 is 13.0. The van der Waals surface area contributed by atoms with Crippen molar-refractivity contribution in [3.8, 4) is 0 Å². The fraction of sp³-hybridized carbons (Fsp3) is 0.400. The van der Waals surface area contributed by atoms with Gasteiger partial charge in [-0.3, -0.25) is 14.7 Å². The van der Waals surface area contributed by atoms with Crippen molar-refractivity contribution in [3.63, 3.8) is 0 Å². The van der Waals surface area contributed by atoms with E-state index in [9.17, 15) is 9.18 Å². The molecular weight excluding hydrogens is 317 g/mol. The standard InChI is InChI=1S/C20H22FN3O/c21-17-5-3-15(4-6-17)14-24-10-7-20(8-11-24)18(12-19(25)23-20)16-2-1-9-22-13-16/h1-6,9,13,18H,7-8,10-12,14H2,(H,23,25). The molecule has 2 aliphatic heterocycles. The maximum absolute atomic E-state index is 13.0. The topological polar surface area (TPSA) is 45.2 Å². The highest BCUT2D eigenvalue weighted by Crippen LogP contribution is 2.43. The first-order chi connectivity index (χ1) is 12.1. The number of carbonyl (C=O) groups excluding carboxylic acids is 1. The third kappa shape index (κ3) is 3.29. The maximum atomic E-state index is 13.0. The molecule has 1 aromatic carbocycles. The molecule has 130 valence electrons. The number of halogens is 1. The number of amides is 1. The Morgan fingerprint density at radius 3 is 2.64 bits per heavy atom. The quantitative estimate of drug-likeness (QED) is 0.935. The number of nitrogens with zero attached hydrogens (tertiary/aromatic N) is 2. The van der Waals surface area contributed by atoms with Crippen LogP contribution >= 0.6 is 0 Å². The third-order valence-corrected chi connectivity index (χ3v) is 5.60. The van der Waals surface area contributed by atoms with E-state index in [2.05, 4.69) is 21.3 Å². The Labute approximate surface area is 147 Å². The number of carbonyl (C=O) groups is 1. The summed E-state index contributed by atoms with van der Waals surface area (Å²) in [6.45, 7) is 2.67. The number of nitrogens with one attached hydrogen (secondary N) is 1. The van der Waals surface area contributed by atoms with Crippen LogP contribution in [0.4, 0.5) is 4.39 Å². The van der Waals surface area contributed by atoms with E-state index < -0.39 is 0 Å². The summed E-state index contributed by atoms with van der Waals surface area (Å²) in [4.78, 5) is 18.7. The lowest BCUT2D eigenvalue weighted by molar-refractivity contribution is -0.120. The van der Waals surface area contributed by atoms with Gasteiger partial charge in [-0.2, -0.15) is 0 Å². The normalized spacial score (nSPS) is 22.9. The molecule has 2 fully saturated rings. The van der Waals surface area contributed by atoms with Crippen LogP contribution in [-0.4, -0.2) is 34.4 Å². The van der Waals surface area contributed by atoms with Crippen LogP contribution in [0.5, 0.6) is 0 Å². The largest absolute Gasteiger partial charge is 0.350 e. The minimum Gasteiger partial charge on any atom is -0.350 e. The van der Waals surface area contributed by atoms with E-state index in [0.717, 1.165) is 43.6 Å². The highest BCUT2D eigenvalue weighted by molar-refractivity contribution is 5.81. The molecule has 0 radical (unpaired) electrons. The van der Waals surface area contributed by atoms with Gasteiger partial charge in [-0.25, -0.2) is 4.39 Å². The number of piperidine rings is 1. The molecule has 1 amide bonds. The second kappa shape index (κ2) is 6.56. The monoisotopic (exact) mass is 339 g/mol. The van der Waals surface area contributed by atoms with Gasteiger partial charge in [0.1, 0.15) is 5.82 Å². The van der Waals surface area contributed by atoms with Crippen LogP contribution in [-0.2, 0) is 11.3 Å². The number of likely N-dealkylation sites (tertiary alicyclic amines) is 1. The summed E-state index contributed by atoms with van der Waals surface area (Å²) in [7, 11) is 0. The van der Waals surface area contributed by atoms with Crippen LogP contribution in [0.2, 0.25) is 0 Å². The summed E-state index contributed by atoms with van der Waals surface area (Å²) >= 11 is 0. The Bertz CT molecular complexity index is 739. The smallest absolute Gasteiger partial charge is 0.221 e. The highest BCUT2D eigenvalue weighted by Gasteiger charge is 2.48. The number of hydrogen-bond acceptors (Lipinski definition) is 3. The van der Waals surface area contributed by atoms with Crippen molar-refractivity contribution in [2.24, 2.45) is 0 Å². The fourth-order valence-corrected chi connectivity index (χ4v) is 4.25. The first-order valence-electron chi connectivity index (χ1n) is 8.82. The summed E-state index contributed by atoms with van der Waals surface area (Å²) in [6.07, 6.45) is 6.06. The van der Waals surface area contributed by atoms with Crippen LogP contribution in [0.25, 0.3) is 0 Å². The Morgan fingerprint density at radius 1 is 1.20 bits per heavy atom. The van der Waals surface area contributed by atoms with E-state index in [1.165, 1.54) is 12.1 Å². The average molecular weight is 339 g/mol. The van der Waals surface area contributed by atoms with Gasteiger partial charge < -0.3 is 5.32 Å². The van der Waals surface area contributed by atoms with Crippen molar-refractivity contribution < 1.29 is 9.18 Å². The zero-order valence-corrected chi connectivity index (χ0v) is 14.1. The lowest BCUT2D eigenvalue weighted by atomic mass is 9.74. The second-order valence-electron chi connectivity index (χ2n) is 7.15. The van der Waals surface area contributed by atoms with Gasteiger partial charge >= 0.3 is 0 Å². The minimum atomic E-state index is -0.200. The van der Waals surface area contributed by atoms with Crippen LogP contribution in [0.3, 0.4) is 0 Å². The molecule has 1 spiro atoms. The van der Waals surface area contributed by atoms with E-state index in [1.54, 1.807) is 6.20 Å². The van der Waals surface area contributed by atoms with E-state index in [0.29, 0.717) is 6.42 Å². The first-order valence-corrected chi connectivity index (χ1v) is 8.82. The van der Waals surface area contributed by atoms with Crippen molar-refractivity contribution >= 4 is 5.91 Å². The highest BCUT2D eigenvalue weighted by atomic mass is 19.1. The Hall–Kier alpha value is -2.27. The Kier molecular flexibility index (Phi) is 4.25. The fourth-order valence-electron chi connectivity index (χ4n) is 4.25. The second-order valence-corrected chi connectivity index (χ2v) is 7.15. The van der Waals surface area contributed by atoms with Crippen LogP contribution in [0.1, 0.15) is 36.3 Å². The van der Waals surface area contributed by atoms with Crippen molar-refractivity contribution in [2.45, 2.75) is 37.3 Å². The molecule has 1 N–H and O–H groups in total. The van der Waals surface area contributed by atoms with Crippen molar-refractivity contribution in [1.82, 2.24) is 15.2 Å². The van der Waals surface area contributed by atoms with Gasteiger partial charge in [-0.1, -0.05) is 18.2 Å². The maximum Gasteiger partial charge on any atom is 0.221 e. The predicted molar refractivity (Wildman–Crippen MR) is 93.4 cm³/mol. The SMILES string of the molecule is O=C1CC(c2cccnc2)C2(CCN(Cc3ccc(F)cc3)CC2)N1. The van der Waals surface area contributed by atoms with Crippen LogP contribution < -0.4 is 5.32 Å². The molecule has 25 heavy (non-hydrogen) atoms. The molecule has 0 saturated carbocycles. The zero-order chi connectivity index (χ0) is 17.3. The van der Waals surface area contributed by atoms with E-state index in [1.807, 2.05) is 24.4 Å². The zero-order valence-electron chi connectivity index (χ0n) is 14.1. The predicted octanol–water partition coefficient (Wildman–Crippen LogP) is 2.86. The lowest BCUT2D eigenvalue weighted by Crippen LogP contribution is -2.53. The van der Waals surface area contributed by atoms with Gasteiger partial charge in [0.15, 0.2) is 0 Å². The molecule has 1 atom stereocenters. The van der Waals surface area contributed by atoms with Gasteiger partial charge in [0.05, 0.1) is 0 Å². The van der Waals surface area contributed by atoms with E-state index in [-0.39, 0.29) is 23.2 Å². The van der Waals surface area contributed by atoms with Gasteiger partial charge in [0.2, 0.25) is 5.91 Å². The van der Waals surface area contributed by atoms with Crippen LogP contribution in [0, 0.1) is 5.82 Å². The number of hydrogen-bond donors (Lipinski definition) is 1. The van der Waals surface area contributed by atoms with Gasteiger partial charge in [0, 0.05) is 49.9 Å². The number of aromatic nitrogens is 1. The molecule has 3 heterocycles. The summed E-state index contributed by atoms with van der Waals surface area (Å²) in [6, 6.07) is 10.7. The summed E-state index contributed by atoms with van der Waals surface area (Å²) in [5.74, 6) is 0.136. The summed E-state index contributed by atoms with van der Waals surface area (Å²) in [5.41, 5.74) is 2.11.